The van der Waals surface area contributed by atoms with Gasteiger partial charge in [0.15, 0.2) is 23.0 Å². The van der Waals surface area contributed by atoms with Crippen molar-refractivity contribution in [2.45, 2.75) is 25.2 Å². The predicted molar refractivity (Wildman–Crippen MR) is 107 cm³/mol. The Hall–Kier alpha value is -2.84. The van der Waals surface area contributed by atoms with Gasteiger partial charge in [-0.25, -0.2) is 0 Å². The SMILES string of the molecule is COc1cc(CN2CC[C@@H](Oc3cccc4c3OCCO4)[C@H](O)C2)cc2c1OCO2. The molecule has 3 aliphatic heterocycles. The van der Waals surface area contributed by atoms with Crippen LogP contribution in [0.2, 0.25) is 0 Å². The highest BCUT2D eigenvalue weighted by Crippen LogP contribution is 2.42. The first-order valence-electron chi connectivity index (χ1n) is 10.1. The van der Waals surface area contributed by atoms with Crippen LogP contribution in [-0.2, 0) is 6.54 Å². The molecule has 2 atom stereocenters. The first-order valence-corrected chi connectivity index (χ1v) is 10.1. The smallest absolute Gasteiger partial charge is 0.231 e. The van der Waals surface area contributed by atoms with E-state index in [1.807, 2.05) is 30.3 Å². The lowest BCUT2D eigenvalue weighted by atomic mass is 10.0. The van der Waals surface area contributed by atoms with Crippen molar-refractivity contribution < 1.29 is 33.5 Å². The number of hydrogen-bond acceptors (Lipinski definition) is 8. The van der Waals surface area contributed by atoms with Crippen LogP contribution < -0.4 is 28.4 Å². The largest absolute Gasteiger partial charge is 0.493 e. The third-order valence-corrected chi connectivity index (χ3v) is 5.54. The van der Waals surface area contributed by atoms with Crippen LogP contribution in [0.3, 0.4) is 0 Å². The summed E-state index contributed by atoms with van der Waals surface area (Å²) in [7, 11) is 1.62. The van der Waals surface area contributed by atoms with Gasteiger partial charge >= 0.3 is 0 Å². The second-order valence-corrected chi connectivity index (χ2v) is 7.56. The molecule has 0 amide bonds. The van der Waals surface area contributed by atoms with E-state index in [1.54, 1.807) is 7.11 Å². The molecule has 1 N–H and O–H groups in total. The van der Waals surface area contributed by atoms with E-state index in [-0.39, 0.29) is 12.9 Å². The molecule has 2 aromatic carbocycles. The van der Waals surface area contributed by atoms with Crippen molar-refractivity contribution >= 4 is 0 Å². The summed E-state index contributed by atoms with van der Waals surface area (Å²) in [5.41, 5.74) is 1.05. The maximum atomic E-state index is 10.7. The van der Waals surface area contributed by atoms with Gasteiger partial charge in [0, 0.05) is 19.6 Å². The molecule has 1 saturated heterocycles. The van der Waals surface area contributed by atoms with Crippen molar-refractivity contribution in [3.63, 3.8) is 0 Å². The van der Waals surface area contributed by atoms with Gasteiger partial charge in [-0.2, -0.15) is 0 Å². The molecule has 3 heterocycles. The maximum absolute atomic E-state index is 10.7. The van der Waals surface area contributed by atoms with Gasteiger partial charge in [-0.05, 0) is 36.2 Å². The van der Waals surface area contributed by atoms with Crippen LogP contribution in [0.4, 0.5) is 0 Å². The number of aliphatic hydroxyl groups excluding tert-OH is 1. The number of piperidine rings is 1. The molecule has 8 heteroatoms. The molecule has 5 rings (SSSR count). The minimum atomic E-state index is -0.616. The van der Waals surface area contributed by atoms with Crippen molar-refractivity contribution in [3.05, 3.63) is 35.9 Å². The number of methoxy groups -OCH3 is 1. The molecule has 160 valence electrons. The van der Waals surface area contributed by atoms with E-state index in [9.17, 15) is 5.11 Å². The molecule has 8 nitrogen and oxygen atoms in total. The molecular formula is C22H25NO7. The second-order valence-electron chi connectivity index (χ2n) is 7.56. The number of rotatable bonds is 5. The fourth-order valence-corrected chi connectivity index (χ4v) is 4.09. The van der Waals surface area contributed by atoms with Crippen molar-refractivity contribution in [2.24, 2.45) is 0 Å². The van der Waals surface area contributed by atoms with Crippen molar-refractivity contribution in [2.75, 3.05) is 40.2 Å². The Labute approximate surface area is 174 Å². The lowest BCUT2D eigenvalue weighted by molar-refractivity contribution is -0.0290. The van der Waals surface area contributed by atoms with Crippen LogP contribution >= 0.6 is 0 Å². The summed E-state index contributed by atoms with van der Waals surface area (Å²) in [6.45, 7) is 3.21. The average molecular weight is 415 g/mol. The van der Waals surface area contributed by atoms with Gasteiger partial charge in [0.25, 0.3) is 0 Å². The summed E-state index contributed by atoms with van der Waals surface area (Å²) >= 11 is 0. The Bertz CT molecular complexity index is 919. The molecule has 0 unspecified atom stereocenters. The molecule has 0 saturated carbocycles. The van der Waals surface area contributed by atoms with Crippen LogP contribution in [0.15, 0.2) is 30.3 Å². The van der Waals surface area contributed by atoms with Crippen molar-refractivity contribution in [1.82, 2.24) is 4.90 Å². The molecule has 1 fully saturated rings. The number of para-hydroxylation sites is 1. The number of likely N-dealkylation sites (tertiary alicyclic amines) is 1. The number of benzene rings is 2. The van der Waals surface area contributed by atoms with E-state index < -0.39 is 6.10 Å². The first-order chi connectivity index (χ1) is 14.7. The highest BCUT2D eigenvalue weighted by Gasteiger charge is 2.31. The monoisotopic (exact) mass is 415 g/mol. The summed E-state index contributed by atoms with van der Waals surface area (Å²) in [5.74, 6) is 3.92. The topological polar surface area (TPSA) is 78.9 Å². The van der Waals surface area contributed by atoms with Crippen molar-refractivity contribution in [1.29, 1.82) is 0 Å². The molecule has 0 aromatic heterocycles. The fraction of sp³-hybridized carbons (Fsp3) is 0.455. The quantitative estimate of drug-likeness (QED) is 0.797. The normalized spacial score (nSPS) is 22.6. The number of fused-ring (bicyclic) bond motifs is 2. The molecule has 30 heavy (non-hydrogen) atoms. The Morgan fingerprint density at radius 2 is 1.90 bits per heavy atom. The minimum absolute atomic E-state index is 0.203. The molecule has 3 aliphatic rings. The van der Waals surface area contributed by atoms with E-state index in [1.165, 1.54) is 0 Å². The maximum Gasteiger partial charge on any atom is 0.231 e. The van der Waals surface area contributed by atoms with Gasteiger partial charge < -0.3 is 33.5 Å². The summed E-state index contributed by atoms with van der Waals surface area (Å²) in [6.07, 6.45) is -0.215. The van der Waals surface area contributed by atoms with Gasteiger partial charge in [-0.1, -0.05) is 6.07 Å². The molecule has 0 spiro atoms. The van der Waals surface area contributed by atoms with Gasteiger partial charge in [0.2, 0.25) is 18.3 Å². The number of aliphatic hydroxyl groups is 1. The van der Waals surface area contributed by atoms with E-state index in [2.05, 4.69) is 4.90 Å². The zero-order chi connectivity index (χ0) is 20.5. The summed E-state index contributed by atoms with van der Waals surface area (Å²) in [6, 6.07) is 9.51. The van der Waals surface area contributed by atoms with Crippen LogP contribution in [0.1, 0.15) is 12.0 Å². The standard InChI is InChI=1S/C22H25NO7/c1-25-19-9-14(10-20-22(19)29-13-28-20)11-23-6-5-16(15(24)12-23)30-18-4-2-3-17-21(18)27-8-7-26-17/h2-4,9-10,15-16,24H,5-8,11-13H2,1H3/t15-,16-/m1/s1. The number of nitrogens with zero attached hydrogens (tertiary/aromatic N) is 1. The van der Waals surface area contributed by atoms with Gasteiger partial charge in [-0.3, -0.25) is 4.90 Å². The van der Waals surface area contributed by atoms with E-state index >= 15 is 0 Å². The Balaban J connectivity index is 1.24. The highest BCUT2D eigenvalue weighted by atomic mass is 16.7. The minimum Gasteiger partial charge on any atom is -0.493 e. The van der Waals surface area contributed by atoms with Crippen LogP contribution in [-0.4, -0.2) is 62.4 Å². The summed E-state index contributed by atoms with van der Waals surface area (Å²) < 4.78 is 33.8. The Morgan fingerprint density at radius 1 is 1.03 bits per heavy atom. The predicted octanol–water partition coefficient (Wildman–Crippen LogP) is 2.21. The van der Waals surface area contributed by atoms with Crippen LogP contribution in [0.5, 0.6) is 34.5 Å². The third kappa shape index (κ3) is 3.68. The zero-order valence-corrected chi connectivity index (χ0v) is 16.8. The van der Waals surface area contributed by atoms with E-state index in [4.69, 9.17) is 28.4 Å². The molecular weight excluding hydrogens is 390 g/mol. The number of ether oxygens (including phenoxy) is 6. The fourth-order valence-electron chi connectivity index (χ4n) is 4.09. The molecule has 2 aromatic rings. The molecule has 0 radical (unpaired) electrons. The van der Waals surface area contributed by atoms with Gasteiger partial charge in [0.1, 0.15) is 25.4 Å². The Kier molecular flexibility index (Phi) is 5.18. The lowest BCUT2D eigenvalue weighted by Crippen LogP contribution is -2.48. The first kappa shape index (κ1) is 19.1. The summed E-state index contributed by atoms with van der Waals surface area (Å²) in [5, 5.41) is 10.7. The van der Waals surface area contributed by atoms with Crippen molar-refractivity contribution in [3.8, 4) is 34.5 Å². The average Bonchev–Trinajstić information content (AvgIpc) is 3.24. The molecule has 0 bridgehead atoms. The van der Waals surface area contributed by atoms with Crippen LogP contribution in [0.25, 0.3) is 0 Å². The lowest BCUT2D eigenvalue weighted by Gasteiger charge is -2.36. The third-order valence-electron chi connectivity index (χ3n) is 5.54. The molecule has 0 aliphatic carbocycles. The van der Waals surface area contributed by atoms with Gasteiger partial charge in [0.05, 0.1) is 7.11 Å². The van der Waals surface area contributed by atoms with Crippen LogP contribution in [0, 0.1) is 0 Å². The zero-order valence-electron chi connectivity index (χ0n) is 16.8. The summed E-state index contributed by atoms with van der Waals surface area (Å²) in [4.78, 5) is 2.20. The van der Waals surface area contributed by atoms with E-state index in [0.29, 0.717) is 67.2 Å². The number of β-amino-alcohol motifs (C(OH)–C–C–N with tert-alkyl or cyclic N) is 1. The van der Waals surface area contributed by atoms with Gasteiger partial charge in [-0.15, -0.1) is 0 Å². The Morgan fingerprint density at radius 3 is 2.77 bits per heavy atom. The highest BCUT2D eigenvalue weighted by molar-refractivity contribution is 5.55. The number of hydrogen-bond donors (Lipinski definition) is 1. The van der Waals surface area contributed by atoms with E-state index in [0.717, 1.165) is 12.1 Å². The second kappa shape index (κ2) is 8.12.